The number of amides is 1. The van der Waals surface area contributed by atoms with Crippen molar-refractivity contribution in [3.05, 3.63) is 0 Å². The third kappa shape index (κ3) is 6.23. The number of hydrogen-bond donors (Lipinski definition) is 1. The third-order valence-electron chi connectivity index (χ3n) is 4.32. The predicted molar refractivity (Wildman–Crippen MR) is 82.8 cm³/mol. The fourth-order valence-electron chi connectivity index (χ4n) is 2.73. The molecule has 1 fully saturated rings. The van der Waals surface area contributed by atoms with Crippen LogP contribution in [0.3, 0.4) is 0 Å². The van der Waals surface area contributed by atoms with Crippen molar-refractivity contribution >= 4 is 5.91 Å². The Balaban J connectivity index is 2.18. The van der Waals surface area contributed by atoms with Crippen LogP contribution >= 0.6 is 0 Å². The number of hydrogen-bond acceptors (Lipinski definition) is 3. The van der Waals surface area contributed by atoms with Gasteiger partial charge >= 0.3 is 0 Å². The molecule has 1 aliphatic rings. The van der Waals surface area contributed by atoms with E-state index in [-0.39, 0.29) is 5.60 Å². The number of nitrogens with one attached hydrogen (secondary N) is 1. The van der Waals surface area contributed by atoms with Gasteiger partial charge in [0.25, 0.3) is 0 Å². The number of nitrogens with zero attached hydrogens (tertiary/aromatic N) is 1. The first kappa shape index (κ1) is 17.4. The van der Waals surface area contributed by atoms with E-state index in [1.54, 1.807) is 7.11 Å². The Morgan fingerprint density at radius 3 is 2.55 bits per heavy atom. The highest BCUT2D eigenvalue weighted by atomic mass is 16.5. The van der Waals surface area contributed by atoms with Crippen LogP contribution in [-0.2, 0) is 9.53 Å². The Kier molecular flexibility index (Phi) is 6.96. The lowest BCUT2D eigenvalue weighted by Gasteiger charge is -2.31. The highest BCUT2D eigenvalue weighted by molar-refractivity contribution is 5.76. The third-order valence-corrected chi connectivity index (χ3v) is 4.32. The van der Waals surface area contributed by atoms with Crippen molar-refractivity contribution in [1.82, 2.24) is 10.2 Å². The second-order valence-electron chi connectivity index (χ2n) is 6.84. The summed E-state index contributed by atoms with van der Waals surface area (Å²) in [5, 5.41) is 3.42. The highest BCUT2D eigenvalue weighted by Crippen LogP contribution is 2.17. The zero-order chi connectivity index (χ0) is 15.2. The monoisotopic (exact) mass is 284 g/mol. The molecular formula is C16H32N2O2. The summed E-state index contributed by atoms with van der Waals surface area (Å²) in [5.74, 6) is 1.07. The fraction of sp³-hybridized carbons (Fsp3) is 0.938. The van der Waals surface area contributed by atoms with Gasteiger partial charge in [0.05, 0.1) is 5.60 Å². The molecule has 0 aromatic heterocycles. The maximum atomic E-state index is 12.1. The van der Waals surface area contributed by atoms with Crippen molar-refractivity contribution in [2.75, 3.05) is 26.7 Å². The molecule has 1 saturated heterocycles. The zero-order valence-electron chi connectivity index (χ0n) is 13.9. The molecule has 1 heterocycles. The predicted octanol–water partition coefficient (Wildman–Crippen LogP) is 2.43. The molecule has 1 N–H and O–H groups in total. The van der Waals surface area contributed by atoms with E-state index in [1.807, 2.05) is 4.90 Å². The van der Waals surface area contributed by atoms with Crippen LogP contribution in [0.4, 0.5) is 0 Å². The van der Waals surface area contributed by atoms with Gasteiger partial charge < -0.3 is 15.0 Å². The van der Waals surface area contributed by atoms with Gasteiger partial charge in [0.1, 0.15) is 0 Å². The average Bonchev–Trinajstić information content (AvgIpc) is 2.38. The van der Waals surface area contributed by atoms with E-state index in [4.69, 9.17) is 4.74 Å². The minimum Gasteiger partial charge on any atom is -0.379 e. The Morgan fingerprint density at radius 1 is 1.40 bits per heavy atom. The number of likely N-dealkylation sites (tertiary alicyclic amines) is 1. The maximum Gasteiger partial charge on any atom is 0.223 e. The number of methoxy groups -OCH3 is 1. The summed E-state index contributed by atoms with van der Waals surface area (Å²) in [4.78, 5) is 14.1. The molecule has 0 unspecified atom stereocenters. The van der Waals surface area contributed by atoms with E-state index in [2.05, 4.69) is 33.0 Å². The van der Waals surface area contributed by atoms with Crippen molar-refractivity contribution in [2.45, 2.75) is 65.0 Å². The molecule has 1 atom stereocenters. The van der Waals surface area contributed by atoms with Gasteiger partial charge in [0.15, 0.2) is 0 Å². The first-order chi connectivity index (χ1) is 9.34. The molecule has 0 aromatic carbocycles. The van der Waals surface area contributed by atoms with Crippen LogP contribution in [0.25, 0.3) is 0 Å². The lowest BCUT2D eigenvalue weighted by molar-refractivity contribution is -0.132. The molecule has 0 saturated carbocycles. The van der Waals surface area contributed by atoms with Crippen LogP contribution in [0, 0.1) is 5.92 Å². The van der Waals surface area contributed by atoms with Gasteiger partial charge in [0, 0.05) is 39.2 Å². The van der Waals surface area contributed by atoms with Crippen LogP contribution in [0.5, 0.6) is 0 Å². The summed E-state index contributed by atoms with van der Waals surface area (Å²) in [6, 6.07) is 0.360. The normalized spacial score (nSPS) is 19.1. The van der Waals surface area contributed by atoms with Crippen molar-refractivity contribution < 1.29 is 9.53 Å². The van der Waals surface area contributed by atoms with E-state index in [0.717, 1.165) is 44.8 Å². The molecule has 0 bridgehead atoms. The van der Waals surface area contributed by atoms with Crippen molar-refractivity contribution in [1.29, 1.82) is 0 Å². The van der Waals surface area contributed by atoms with Crippen LogP contribution in [0.1, 0.15) is 53.4 Å². The van der Waals surface area contributed by atoms with Gasteiger partial charge in [-0.2, -0.15) is 0 Å². The van der Waals surface area contributed by atoms with E-state index in [1.165, 1.54) is 0 Å². The smallest absolute Gasteiger partial charge is 0.223 e. The van der Waals surface area contributed by atoms with E-state index in [9.17, 15) is 4.79 Å². The van der Waals surface area contributed by atoms with E-state index < -0.39 is 0 Å². The van der Waals surface area contributed by atoms with Gasteiger partial charge in [-0.15, -0.1) is 0 Å². The minimum atomic E-state index is -0.112. The van der Waals surface area contributed by atoms with Gasteiger partial charge in [0.2, 0.25) is 5.91 Å². The molecule has 4 heteroatoms. The summed E-state index contributed by atoms with van der Waals surface area (Å²) >= 11 is 0. The second kappa shape index (κ2) is 7.99. The summed E-state index contributed by atoms with van der Waals surface area (Å²) in [6.45, 7) is 11.2. The summed E-state index contributed by atoms with van der Waals surface area (Å²) in [7, 11) is 1.74. The summed E-state index contributed by atoms with van der Waals surface area (Å²) in [5.41, 5.74) is -0.112. The molecule has 1 aliphatic heterocycles. The van der Waals surface area contributed by atoms with E-state index >= 15 is 0 Å². The molecule has 0 spiro atoms. The maximum absolute atomic E-state index is 12.1. The molecule has 4 nitrogen and oxygen atoms in total. The van der Waals surface area contributed by atoms with Crippen LogP contribution in [0.2, 0.25) is 0 Å². The number of piperidine rings is 1. The van der Waals surface area contributed by atoms with Crippen LogP contribution in [-0.4, -0.2) is 49.2 Å². The van der Waals surface area contributed by atoms with Crippen LogP contribution < -0.4 is 5.32 Å². The zero-order valence-corrected chi connectivity index (χ0v) is 13.9. The van der Waals surface area contributed by atoms with Gasteiger partial charge in [-0.3, -0.25) is 4.79 Å². The summed E-state index contributed by atoms with van der Waals surface area (Å²) < 4.78 is 5.43. The van der Waals surface area contributed by atoms with E-state index in [0.29, 0.717) is 18.4 Å². The fourth-order valence-corrected chi connectivity index (χ4v) is 2.73. The largest absolute Gasteiger partial charge is 0.379 e. The quantitative estimate of drug-likeness (QED) is 0.780. The second-order valence-corrected chi connectivity index (χ2v) is 6.84. The lowest BCUT2D eigenvalue weighted by atomic mass is 9.99. The van der Waals surface area contributed by atoms with Crippen molar-refractivity contribution in [3.8, 4) is 0 Å². The summed E-state index contributed by atoms with van der Waals surface area (Å²) in [6.07, 6.45) is 3.85. The average molecular weight is 284 g/mol. The molecule has 118 valence electrons. The molecule has 1 rings (SSSR count). The standard InChI is InChI=1S/C16H32N2O2/c1-13-7-10-18(11-8-13)15(19)6-9-17-14(2)12-16(3,4)20-5/h13-14,17H,6-12H2,1-5H3/t14-/m1/s1. The topological polar surface area (TPSA) is 41.6 Å². The molecule has 1 amide bonds. The molecule has 0 radical (unpaired) electrons. The Hall–Kier alpha value is -0.610. The number of carbonyl (C=O) groups excluding carboxylic acids is 1. The molecule has 0 aliphatic carbocycles. The number of carbonyl (C=O) groups is 1. The van der Waals surface area contributed by atoms with Gasteiger partial charge in [-0.05, 0) is 46.0 Å². The number of ether oxygens (including phenoxy) is 1. The highest BCUT2D eigenvalue weighted by Gasteiger charge is 2.21. The van der Waals surface area contributed by atoms with Crippen LogP contribution in [0.15, 0.2) is 0 Å². The Morgan fingerprint density at radius 2 is 2.00 bits per heavy atom. The molecular weight excluding hydrogens is 252 g/mol. The first-order valence-corrected chi connectivity index (χ1v) is 7.90. The van der Waals surface area contributed by atoms with Gasteiger partial charge in [-0.1, -0.05) is 6.92 Å². The van der Waals surface area contributed by atoms with Crippen molar-refractivity contribution in [3.63, 3.8) is 0 Å². The first-order valence-electron chi connectivity index (χ1n) is 7.90. The SMILES string of the molecule is COC(C)(C)C[C@@H](C)NCCC(=O)N1CCC(C)CC1. The Bertz CT molecular complexity index is 297. The lowest BCUT2D eigenvalue weighted by Crippen LogP contribution is -2.41. The number of rotatable bonds is 7. The minimum absolute atomic E-state index is 0.112. The Labute approximate surface area is 124 Å². The van der Waals surface area contributed by atoms with Gasteiger partial charge in [-0.25, -0.2) is 0 Å². The van der Waals surface area contributed by atoms with Crippen molar-refractivity contribution in [2.24, 2.45) is 5.92 Å². The molecule has 0 aromatic rings. The molecule has 20 heavy (non-hydrogen) atoms.